The minimum Gasteiger partial charge on any atom is -0.385 e. The van der Waals surface area contributed by atoms with E-state index in [1.807, 2.05) is 12.1 Å². The average Bonchev–Trinajstić information content (AvgIpc) is 2.27. The molecule has 0 aliphatic rings. The zero-order chi connectivity index (χ0) is 10.9. The van der Waals surface area contributed by atoms with Gasteiger partial charge in [0.1, 0.15) is 0 Å². The lowest BCUT2D eigenvalue weighted by Gasteiger charge is -2.10. The topological polar surface area (TPSA) is 21.3 Å². The molecule has 0 amide bonds. The van der Waals surface area contributed by atoms with E-state index in [0.717, 1.165) is 25.1 Å². The summed E-state index contributed by atoms with van der Waals surface area (Å²) in [5.74, 6) is 2.63. The molecule has 0 atom stereocenters. The standard InChI is InChI=1S/C13H17NO/c1-3-4-7-10-14-13-9-6-5-8-12(13)11-15-2/h1,5-6,8-9,14H,4,7,10-11H2,2H3. The predicted molar refractivity (Wildman–Crippen MR) is 63.7 cm³/mol. The second-order valence-corrected chi connectivity index (χ2v) is 3.32. The SMILES string of the molecule is C#CCCCNc1ccccc1COC. The van der Waals surface area contributed by atoms with E-state index in [4.69, 9.17) is 11.2 Å². The maximum Gasteiger partial charge on any atom is 0.0733 e. The lowest BCUT2D eigenvalue weighted by molar-refractivity contribution is 0.185. The normalized spacial score (nSPS) is 9.60. The van der Waals surface area contributed by atoms with E-state index in [0.29, 0.717) is 6.61 Å². The van der Waals surface area contributed by atoms with E-state index < -0.39 is 0 Å². The lowest BCUT2D eigenvalue weighted by Crippen LogP contribution is -2.04. The van der Waals surface area contributed by atoms with Crippen LogP contribution in [0.4, 0.5) is 5.69 Å². The fraction of sp³-hybridized carbons (Fsp3) is 0.385. The zero-order valence-corrected chi connectivity index (χ0v) is 9.12. The van der Waals surface area contributed by atoms with E-state index in [1.54, 1.807) is 7.11 Å². The maximum absolute atomic E-state index is 5.19. The monoisotopic (exact) mass is 203 g/mol. The van der Waals surface area contributed by atoms with Crippen molar-refractivity contribution in [2.24, 2.45) is 0 Å². The van der Waals surface area contributed by atoms with Crippen LogP contribution in [0.5, 0.6) is 0 Å². The van der Waals surface area contributed by atoms with Gasteiger partial charge in [-0.15, -0.1) is 12.3 Å². The molecule has 0 unspecified atom stereocenters. The third kappa shape index (κ3) is 4.05. The molecule has 0 radical (unpaired) electrons. The average molecular weight is 203 g/mol. The summed E-state index contributed by atoms with van der Waals surface area (Å²) in [6.45, 7) is 1.54. The summed E-state index contributed by atoms with van der Waals surface area (Å²) < 4.78 is 5.12. The van der Waals surface area contributed by atoms with Crippen molar-refractivity contribution in [3.63, 3.8) is 0 Å². The van der Waals surface area contributed by atoms with Crippen LogP contribution < -0.4 is 5.32 Å². The number of methoxy groups -OCH3 is 1. The lowest BCUT2D eigenvalue weighted by atomic mass is 10.2. The Morgan fingerprint density at radius 2 is 2.20 bits per heavy atom. The van der Waals surface area contributed by atoms with Gasteiger partial charge in [0.2, 0.25) is 0 Å². The molecule has 1 rings (SSSR count). The first-order valence-corrected chi connectivity index (χ1v) is 5.12. The first-order valence-electron chi connectivity index (χ1n) is 5.12. The van der Waals surface area contributed by atoms with Crippen molar-refractivity contribution < 1.29 is 4.74 Å². The number of benzene rings is 1. The van der Waals surface area contributed by atoms with Crippen molar-refractivity contribution in [3.05, 3.63) is 29.8 Å². The summed E-state index contributed by atoms with van der Waals surface area (Å²) in [7, 11) is 1.70. The van der Waals surface area contributed by atoms with Gasteiger partial charge in [0.25, 0.3) is 0 Å². The highest BCUT2D eigenvalue weighted by molar-refractivity contribution is 5.50. The molecule has 0 heterocycles. The molecule has 2 nitrogen and oxygen atoms in total. The Balaban J connectivity index is 2.48. The number of rotatable bonds is 6. The van der Waals surface area contributed by atoms with Gasteiger partial charge >= 0.3 is 0 Å². The van der Waals surface area contributed by atoms with Crippen molar-refractivity contribution >= 4 is 5.69 Å². The molecule has 0 saturated heterocycles. The van der Waals surface area contributed by atoms with Gasteiger partial charge in [-0.25, -0.2) is 0 Å². The van der Waals surface area contributed by atoms with E-state index in [2.05, 4.69) is 23.4 Å². The highest BCUT2D eigenvalue weighted by Gasteiger charge is 1.99. The van der Waals surface area contributed by atoms with Crippen LogP contribution in [0.3, 0.4) is 0 Å². The Hall–Kier alpha value is -1.46. The summed E-state index contributed by atoms with van der Waals surface area (Å²) >= 11 is 0. The molecule has 0 fully saturated rings. The molecule has 1 N–H and O–H groups in total. The van der Waals surface area contributed by atoms with E-state index in [9.17, 15) is 0 Å². The Morgan fingerprint density at radius 3 is 2.93 bits per heavy atom. The predicted octanol–water partition coefficient (Wildman–Crippen LogP) is 2.66. The van der Waals surface area contributed by atoms with Crippen LogP contribution >= 0.6 is 0 Å². The van der Waals surface area contributed by atoms with Crippen molar-refractivity contribution in [2.75, 3.05) is 19.0 Å². The summed E-state index contributed by atoms with van der Waals surface area (Å²) in [6.07, 6.45) is 7.00. The van der Waals surface area contributed by atoms with Gasteiger partial charge in [0.15, 0.2) is 0 Å². The Kier molecular flexibility index (Phi) is 5.35. The summed E-state index contributed by atoms with van der Waals surface area (Å²) in [5, 5.41) is 3.36. The van der Waals surface area contributed by atoms with Gasteiger partial charge in [-0.3, -0.25) is 0 Å². The molecule has 0 bridgehead atoms. The Bertz CT molecular complexity index is 328. The molecule has 0 aliphatic heterocycles. The number of unbranched alkanes of at least 4 members (excludes halogenated alkanes) is 1. The zero-order valence-electron chi connectivity index (χ0n) is 9.12. The van der Waals surface area contributed by atoms with Crippen LogP contribution in [-0.4, -0.2) is 13.7 Å². The molecule has 1 aromatic carbocycles. The molecule has 0 saturated carbocycles. The summed E-state index contributed by atoms with van der Waals surface area (Å²) in [5.41, 5.74) is 2.32. The van der Waals surface area contributed by atoms with Crippen molar-refractivity contribution in [1.82, 2.24) is 0 Å². The second-order valence-electron chi connectivity index (χ2n) is 3.32. The molecule has 0 spiro atoms. The molecule has 2 heteroatoms. The first kappa shape index (κ1) is 11.6. The van der Waals surface area contributed by atoms with Gasteiger partial charge in [-0.05, 0) is 12.5 Å². The van der Waals surface area contributed by atoms with Crippen LogP contribution in [0.1, 0.15) is 18.4 Å². The number of ether oxygens (including phenoxy) is 1. The quantitative estimate of drug-likeness (QED) is 0.567. The number of hydrogen-bond acceptors (Lipinski definition) is 2. The van der Waals surface area contributed by atoms with Crippen LogP contribution in [0.15, 0.2) is 24.3 Å². The highest BCUT2D eigenvalue weighted by Crippen LogP contribution is 2.15. The van der Waals surface area contributed by atoms with Gasteiger partial charge in [0, 0.05) is 31.3 Å². The van der Waals surface area contributed by atoms with Crippen LogP contribution in [0, 0.1) is 12.3 Å². The molecule has 80 valence electrons. The fourth-order valence-electron chi connectivity index (χ4n) is 1.39. The van der Waals surface area contributed by atoms with Gasteiger partial charge in [-0.1, -0.05) is 18.2 Å². The summed E-state index contributed by atoms with van der Waals surface area (Å²) in [4.78, 5) is 0. The minimum absolute atomic E-state index is 0.637. The molecule has 0 aromatic heterocycles. The number of hydrogen-bond donors (Lipinski definition) is 1. The van der Waals surface area contributed by atoms with Gasteiger partial charge in [-0.2, -0.15) is 0 Å². The molecule has 0 aliphatic carbocycles. The van der Waals surface area contributed by atoms with Gasteiger partial charge in [0.05, 0.1) is 6.61 Å². The largest absolute Gasteiger partial charge is 0.385 e. The minimum atomic E-state index is 0.637. The Morgan fingerprint density at radius 1 is 1.40 bits per heavy atom. The van der Waals surface area contributed by atoms with Crippen molar-refractivity contribution in [2.45, 2.75) is 19.4 Å². The number of para-hydroxylation sites is 1. The maximum atomic E-state index is 5.19. The summed E-state index contributed by atoms with van der Waals surface area (Å²) in [6, 6.07) is 8.15. The van der Waals surface area contributed by atoms with E-state index in [-0.39, 0.29) is 0 Å². The third-order valence-electron chi connectivity index (χ3n) is 2.13. The first-order chi connectivity index (χ1) is 7.38. The molecule has 15 heavy (non-hydrogen) atoms. The van der Waals surface area contributed by atoms with Crippen molar-refractivity contribution in [3.8, 4) is 12.3 Å². The number of nitrogens with one attached hydrogen (secondary N) is 1. The number of terminal acetylenes is 1. The smallest absolute Gasteiger partial charge is 0.0733 e. The van der Waals surface area contributed by atoms with Crippen molar-refractivity contribution in [1.29, 1.82) is 0 Å². The van der Waals surface area contributed by atoms with E-state index in [1.165, 1.54) is 5.56 Å². The molecular formula is C13H17NO. The van der Waals surface area contributed by atoms with Crippen LogP contribution in [0.25, 0.3) is 0 Å². The Labute approximate surface area is 91.6 Å². The third-order valence-corrected chi connectivity index (χ3v) is 2.13. The van der Waals surface area contributed by atoms with Gasteiger partial charge < -0.3 is 10.1 Å². The van der Waals surface area contributed by atoms with E-state index >= 15 is 0 Å². The number of anilines is 1. The van der Waals surface area contributed by atoms with Crippen LogP contribution in [-0.2, 0) is 11.3 Å². The fourth-order valence-corrected chi connectivity index (χ4v) is 1.39. The molecule has 1 aromatic rings. The molecular weight excluding hydrogens is 186 g/mol. The van der Waals surface area contributed by atoms with Crippen LogP contribution in [0.2, 0.25) is 0 Å². The second kappa shape index (κ2) is 6.92. The highest BCUT2D eigenvalue weighted by atomic mass is 16.5.